The number of aryl methyl sites for hydroxylation is 1. The second-order valence-electron chi connectivity index (χ2n) is 7.59. The van der Waals surface area contributed by atoms with Crippen molar-refractivity contribution in [3.63, 3.8) is 0 Å². The number of para-hydroxylation sites is 1. The van der Waals surface area contributed by atoms with Gasteiger partial charge in [0, 0.05) is 30.9 Å². The van der Waals surface area contributed by atoms with Crippen molar-refractivity contribution in [2.45, 2.75) is 50.8 Å². The summed E-state index contributed by atoms with van der Waals surface area (Å²) in [4.78, 5) is 15.3. The van der Waals surface area contributed by atoms with Crippen LogP contribution in [0, 0.1) is 6.92 Å². The van der Waals surface area contributed by atoms with Crippen LogP contribution in [0.1, 0.15) is 54.9 Å². The first-order chi connectivity index (χ1) is 13.9. The molecule has 0 unspecified atom stereocenters. The third-order valence-electron chi connectivity index (χ3n) is 5.42. The number of carbonyl (C=O) groups is 1. The van der Waals surface area contributed by atoms with Crippen LogP contribution in [-0.4, -0.2) is 38.3 Å². The van der Waals surface area contributed by atoms with E-state index in [1.165, 1.54) is 0 Å². The van der Waals surface area contributed by atoms with Crippen molar-refractivity contribution in [3.8, 4) is 0 Å². The molecule has 1 aliphatic rings. The summed E-state index contributed by atoms with van der Waals surface area (Å²) in [5.74, 6) is -0.167. The highest BCUT2D eigenvalue weighted by atomic mass is 32.2. The van der Waals surface area contributed by atoms with Crippen LogP contribution in [0.5, 0.6) is 0 Å². The van der Waals surface area contributed by atoms with Gasteiger partial charge in [0.25, 0.3) is 5.91 Å². The van der Waals surface area contributed by atoms with Crippen molar-refractivity contribution < 1.29 is 13.2 Å². The molecule has 6 heteroatoms. The van der Waals surface area contributed by atoms with Gasteiger partial charge in [-0.2, -0.15) is 4.31 Å². The number of benzene rings is 2. The van der Waals surface area contributed by atoms with E-state index in [0.717, 1.165) is 37.8 Å². The van der Waals surface area contributed by atoms with Crippen LogP contribution in [0.15, 0.2) is 53.4 Å². The maximum Gasteiger partial charge on any atom is 0.258 e. The highest BCUT2D eigenvalue weighted by Gasteiger charge is 2.28. The Morgan fingerprint density at radius 3 is 2.38 bits per heavy atom. The van der Waals surface area contributed by atoms with Crippen molar-refractivity contribution in [1.82, 2.24) is 4.31 Å². The maximum absolute atomic E-state index is 13.3. The summed E-state index contributed by atoms with van der Waals surface area (Å²) in [6.45, 7) is 5.57. The highest BCUT2D eigenvalue weighted by molar-refractivity contribution is 7.89. The van der Waals surface area contributed by atoms with Crippen molar-refractivity contribution in [2.24, 2.45) is 0 Å². The quantitative estimate of drug-likeness (QED) is 0.664. The number of sulfonamides is 1. The Labute approximate surface area is 174 Å². The molecule has 1 saturated heterocycles. The maximum atomic E-state index is 13.3. The zero-order valence-electron chi connectivity index (χ0n) is 17.3. The van der Waals surface area contributed by atoms with Gasteiger partial charge in [0.2, 0.25) is 10.0 Å². The lowest BCUT2D eigenvalue weighted by atomic mass is 10.1. The Bertz CT molecular complexity index is 936. The Morgan fingerprint density at radius 2 is 1.72 bits per heavy atom. The summed E-state index contributed by atoms with van der Waals surface area (Å²) in [6.07, 6.45) is 4.68. The number of anilines is 1. The molecule has 5 nitrogen and oxygen atoms in total. The monoisotopic (exact) mass is 414 g/mol. The van der Waals surface area contributed by atoms with E-state index in [1.54, 1.807) is 34.3 Å². The van der Waals surface area contributed by atoms with Gasteiger partial charge in [0.1, 0.15) is 0 Å². The minimum absolute atomic E-state index is 0.167. The molecule has 2 aromatic carbocycles. The molecular weight excluding hydrogens is 384 g/mol. The summed E-state index contributed by atoms with van der Waals surface area (Å²) >= 11 is 0. The Hall–Kier alpha value is -2.18. The van der Waals surface area contributed by atoms with Gasteiger partial charge in [-0.1, -0.05) is 44.0 Å². The van der Waals surface area contributed by atoms with Gasteiger partial charge in [-0.3, -0.25) is 4.79 Å². The number of rotatable bonds is 7. The molecule has 1 fully saturated rings. The molecule has 0 atom stereocenters. The molecule has 0 saturated carbocycles. The van der Waals surface area contributed by atoms with Gasteiger partial charge in [0.15, 0.2) is 0 Å². The van der Waals surface area contributed by atoms with Crippen LogP contribution in [0.3, 0.4) is 0 Å². The normalized spacial score (nSPS) is 15.2. The number of carbonyl (C=O) groups excluding carboxylic acids is 1. The molecule has 156 valence electrons. The molecule has 1 heterocycles. The summed E-state index contributed by atoms with van der Waals surface area (Å²) < 4.78 is 27.9. The zero-order chi connectivity index (χ0) is 20.9. The second-order valence-corrected chi connectivity index (χ2v) is 9.50. The van der Waals surface area contributed by atoms with E-state index in [2.05, 4.69) is 6.92 Å². The Kier molecular flexibility index (Phi) is 7.09. The van der Waals surface area contributed by atoms with E-state index in [1.807, 2.05) is 30.3 Å². The third kappa shape index (κ3) is 4.87. The summed E-state index contributed by atoms with van der Waals surface area (Å²) in [5, 5.41) is 0. The summed E-state index contributed by atoms with van der Waals surface area (Å²) in [7, 11) is -3.59. The predicted octanol–water partition coefficient (Wildman–Crippen LogP) is 4.62. The molecule has 2 aromatic rings. The first kappa shape index (κ1) is 21.5. The lowest BCUT2D eigenvalue weighted by Crippen LogP contribution is -2.36. The Morgan fingerprint density at radius 1 is 1.03 bits per heavy atom. The van der Waals surface area contributed by atoms with Gasteiger partial charge in [0.05, 0.1) is 4.90 Å². The molecule has 0 aliphatic carbocycles. The van der Waals surface area contributed by atoms with Gasteiger partial charge in [-0.25, -0.2) is 8.42 Å². The van der Waals surface area contributed by atoms with E-state index >= 15 is 0 Å². The van der Waals surface area contributed by atoms with Gasteiger partial charge >= 0.3 is 0 Å². The number of piperidine rings is 1. The van der Waals surface area contributed by atoms with E-state index in [9.17, 15) is 13.2 Å². The van der Waals surface area contributed by atoms with Gasteiger partial charge in [-0.15, -0.1) is 0 Å². The van der Waals surface area contributed by atoms with E-state index in [0.29, 0.717) is 30.8 Å². The molecule has 0 spiro atoms. The molecule has 3 rings (SSSR count). The number of nitrogens with zero attached hydrogens (tertiary/aromatic N) is 2. The van der Waals surface area contributed by atoms with Crippen molar-refractivity contribution in [1.29, 1.82) is 0 Å². The molecule has 0 N–H and O–H groups in total. The van der Waals surface area contributed by atoms with Crippen LogP contribution < -0.4 is 4.90 Å². The van der Waals surface area contributed by atoms with Crippen molar-refractivity contribution in [3.05, 3.63) is 59.7 Å². The second kappa shape index (κ2) is 9.55. The first-order valence-electron chi connectivity index (χ1n) is 10.4. The fourth-order valence-electron chi connectivity index (χ4n) is 3.68. The molecule has 0 aromatic heterocycles. The Balaban J connectivity index is 1.95. The van der Waals surface area contributed by atoms with E-state index in [-0.39, 0.29) is 10.8 Å². The van der Waals surface area contributed by atoms with Crippen LogP contribution in [0.4, 0.5) is 5.69 Å². The van der Waals surface area contributed by atoms with Gasteiger partial charge < -0.3 is 4.90 Å². The standard InChI is InChI=1S/C23H30N2O3S/c1-3-4-17-25(21-11-7-5-8-12-21)23(26)20-14-13-19(2)22(18-20)29(27,28)24-15-9-6-10-16-24/h5,7-8,11-14,18H,3-4,6,9-10,15-17H2,1-2H3. The van der Waals surface area contributed by atoms with Gasteiger partial charge in [-0.05, 0) is 56.0 Å². The average Bonchev–Trinajstić information content (AvgIpc) is 2.75. The van der Waals surface area contributed by atoms with Crippen LogP contribution in [-0.2, 0) is 10.0 Å². The van der Waals surface area contributed by atoms with Crippen LogP contribution in [0.25, 0.3) is 0 Å². The lowest BCUT2D eigenvalue weighted by Gasteiger charge is -2.27. The van der Waals surface area contributed by atoms with Crippen LogP contribution >= 0.6 is 0 Å². The van der Waals surface area contributed by atoms with Crippen LogP contribution in [0.2, 0.25) is 0 Å². The predicted molar refractivity (Wildman–Crippen MR) is 117 cm³/mol. The fraction of sp³-hybridized carbons (Fsp3) is 0.435. The highest BCUT2D eigenvalue weighted by Crippen LogP contribution is 2.26. The largest absolute Gasteiger partial charge is 0.308 e. The van der Waals surface area contributed by atoms with E-state index < -0.39 is 10.0 Å². The molecule has 1 amide bonds. The summed E-state index contributed by atoms with van der Waals surface area (Å²) in [5.41, 5.74) is 1.91. The topological polar surface area (TPSA) is 57.7 Å². The molecule has 29 heavy (non-hydrogen) atoms. The smallest absolute Gasteiger partial charge is 0.258 e. The summed E-state index contributed by atoms with van der Waals surface area (Å²) in [6, 6.07) is 14.6. The molecular formula is C23H30N2O3S. The SMILES string of the molecule is CCCCN(C(=O)c1ccc(C)c(S(=O)(=O)N2CCCCC2)c1)c1ccccc1. The minimum atomic E-state index is -3.59. The fourth-order valence-corrected chi connectivity index (χ4v) is 5.45. The molecule has 1 aliphatic heterocycles. The molecule has 0 bridgehead atoms. The average molecular weight is 415 g/mol. The number of unbranched alkanes of at least 4 members (excludes halogenated alkanes) is 1. The van der Waals surface area contributed by atoms with E-state index in [4.69, 9.17) is 0 Å². The third-order valence-corrected chi connectivity index (χ3v) is 7.46. The number of hydrogen-bond acceptors (Lipinski definition) is 3. The van der Waals surface area contributed by atoms with Crippen molar-refractivity contribution >= 4 is 21.6 Å². The lowest BCUT2D eigenvalue weighted by molar-refractivity contribution is 0.0986. The molecule has 0 radical (unpaired) electrons. The first-order valence-corrected chi connectivity index (χ1v) is 11.9. The number of hydrogen-bond donors (Lipinski definition) is 0. The zero-order valence-corrected chi connectivity index (χ0v) is 18.1. The van der Waals surface area contributed by atoms with Crippen molar-refractivity contribution in [2.75, 3.05) is 24.5 Å². The minimum Gasteiger partial charge on any atom is -0.308 e. The number of amides is 1.